The van der Waals surface area contributed by atoms with E-state index in [0.29, 0.717) is 6.42 Å². The Bertz CT molecular complexity index is 582. The summed E-state index contributed by atoms with van der Waals surface area (Å²) in [6.45, 7) is 3.86. The summed E-state index contributed by atoms with van der Waals surface area (Å²) in [5.74, 6) is 0.202. The van der Waals surface area contributed by atoms with E-state index in [2.05, 4.69) is 4.98 Å². The highest BCUT2D eigenvalue weighted by Gasteiger charge is 2.19. The molecule has 3 rings (SSSR count). The van der Waals surface area contributed by atoms with Crippen LogP contribution in [0, 0.1) is 6.92 Å². The molecule has 2 aromatic heterocycles. The smallest absolute Gasteiger partial charge is 0.228 e. The fourth-order valence-electron chi connectivity index (χ4n) is 2.52. The second-order valence-corrected chi connectivity index (χ2v) is 4.89. The van der Waals surface area contributed by atoms with Crippen LogP contribution >= 0.6 is 0 Å². The number of pyridine rings is 1. The predicted octanol–water partition coefficient (Wildman–Crippen LogP) is 1.81. The molecular formula is C14H17N3O. The van der Waals surface area contributed by atoms with Crippen LogP contribution in [0.2, 0.25) is 0 Å². The molecule has 94 valence electrons. The van der Waals surface area contributed by atoms with Gasteiger partial charge in [-0.1, -0.05) is 6.07 Å². The SMILES string of the molecule is Cc1cccc2nc(CC(=O)N3CCCC3)cn12. The fourth-order valence-corrected chi connectivity index (χ4v) is 2.52. The number of likely N-dealkylation sites (tertiary alicyclic amines) is 1. The van der Waals surface area contributed by atoms with Gasteiger partial charge in [0.2, 0.25) is 5.91 Å². The van der Waals surface area contributed by atoms with E-state index in [0.717, 1.165) is 43.0 Å². The molecule has 0 spiro atoms. The molecule has 1 aliphatic rings. The summed E-state index contributed by atoms with van der Waals surface area (Å²) in [6.07, 6.45) is 4.66. The topological polar surface area (TPSA) is 37.6 Å². The van der Waals surface area contributed by atoms with Gasteiger partial charge in [-0.3, -0.25) is 4.79 Å². The number of nitrogens with zero attached hydrogens (tertiary/aromatic N) is 3. The normalized spacial score (nSPS) is 15.5. The van der Waals surface area contributed by atoms with Crippen molar-refractivity contribution in [3.8, 4) is 0 Å². The second kappa shape index (κ2) is 4.44. The van der Waals surface area contributed by atoms with Crippen LogP contribution in [0.4, 0.5) is 0 Å². The van der Waals surface area contributed by atoms with E-state index in [1.165, 1.54) is 0 Å². The van der Waals surface area contributed by atoms with E-state index in [4.69, 9.17) is 0 Å². The van der Waals surface area contributed by atoms with Gasteiger partial charge in [-0.05, 0) is 31.9 Å². The zero-order chi connectivity index (χ0) is 12.5. The van der Waals surface area contributed by atoms with Crippen LogP contribution in [0.5, 0.6) is 0 Å². The number of hydrogen-bond acceptors (Lipinski definition) is 2. The summed E-state index contributed by atoms with van der Waals surface area (Å²) >= 11 is 0. The van der Waals surface area contributed by atoms with Crippen LogP contribution in [0.25, 0.3) is 5.65 Å². The first-order valence-corrected chi connectivity index (χ1v) is 6.45. The molecule has 2 aromatic rings. The minimum absolute atomic E-state index is 0.202. The fraction of sp³-hybridized carbons (Fsp3) is 0.429. The first-order valence-electron chi connectivity index (χ1n) is 6.45. The number of rotatable bonds is 2. The van der Waals surface area contributed by atoms with Crippen LogP contribution in [-0.2, 0) is 11.2 Å². The third-order valence-electron chi connectivity index (χ3n) is 3.54. The highest BCUT2D eigenvalue weighted by molar-refractivity contribution is 5.78. The van der Waals surface area contributed by atoms with E-state index in [9.17, 15) is 4.79 Å². The molecule has 0 N–H and O–H groups in total. The van der Waals surface area contributed by atoms with Crippen LogP contribution in [-0.4, -0.2) is 33.3 Å². The first-order chi connectivity index (χ1) is 8.74. The Kier molecular flexibility index (Phi) is 2.78. The van der Waals surface area contributed by atoms with E-state index in [1.54, 1.807) is 0 Å². The zero-order valence-electron chi connectivity index (χ0n) is 10.6. The molecule has 18 heavy (non-hydrogen) atoms. The molecule has 3 heterocycles. The Morgan fingerprint density at radius 3 is 2.83 bits per heavy atom. The third kappa shape index (κ3) is 1.98. The number of imidazole rings is 1. The molecule has 1 amide bonds. The second-order valence-electron chi connectivity index (χ2n) is 4.89. The van der Waals surface area contributed by atoms with Gasteiger partial charge in [-0.25, -0.2) is 4.98 Å². The van der Waals surface area contributed by atoms with Gasteiger partial charge in [-0.15, -0.1) is 0 Å². The summed E-state index contributed by atoms with van der Waals surface area (Å²) in [5, 5.41) is 0. The van der Waals surface area contributed by atoms with Crippen LogP contribution in [0.1, 0.15) is 24.2 Å². The number of aromatic nitrogens is 2. The lowest BCUT2D eigenvalue weighted by Gasteiger charge is -2.13. The summed E-state index contributed by atoms with van der Waals surface area (Å²) in [6, 6.07) is 6.00. The Morgan fingerprint density at radius 2 is 2.11 bits per heavy atom. The number of carbonyl (C=O) groups excluding carboxylic acids is 1. The monoisotopic (exact) mass is 243 g/mol. The molecular weight excluding hydrogens is 226 g/mol. The maximum absolute atomic E-state index is 12.1. The van der Waals surface area contributed by atoms with Gasteiger partial charge in [0.1, 0.15) is 5.65 Å². The van der Waals surface area contributed by atoms with Crippen LogP contribution in [0.3, 0.4) is 0 Å². The molecule has 1 aliphatic heterocycles. The number of aryl methyl sites for hydroxylation is 1. The van der Waals surface area contributed by atoms with Crippen LogP contribution in [0.15, 0.2) is 24.4 Å². The first kappa shape index (κ1) is 11.3. The quantitative estimate of drug-likeness (QED) is 0.806. The molecule has 0 radical (unpaired) electrons. The molecule has 1 fully saturated rings. The summed E-state index contributed by atoms with van der Waals surface area (Å²) in [5.41, 5.74) is 2.92. The Hall–Kier alpha value is -1.84. The minimum Gasteiger partial charge on any atom is -0.342 e. The maximum Gasteiger partial charge on any atom is 0.228 e. The predicted molar refractivity (Wildman–Crippen MR) is 69.4 cm³/mol. The van der Waals surface area contributed by atoms with Gasteiger partial charge < -0.3 is 9.30 Å². The van der Waals surface area contributed by atoms with Gasteiger partial charge in [0.25, 0.3) is 0 Å². The van der Waals surface area contributed by atoms with Crippen molar-refractivity contribution in [1.29, 1.82) is 0 Å². The summed E-state index contributed by atoms with van der Waals surface area (Å²) in [4.78, 5) is 18.5. The zero-order valence-corrected chi connectivity index (χ0v) is 10.6. The maximum atomic E-state index is 12.1. The average Bonchev–Trinajstić information content (AvgIpc) is 2.97. The molecule has 0 aromatic carbocycles. The number of fused-ring (bicyclic) bond motifs is 1. The van der Waals surface area contributed by atoms with Gasteiger partial charge in [0.05, 0.1) is 12.1 Å². The van der Waals surface area contributed by atoms with Crippen LogP contribution < -0.4 is 0 Å². The number of amides is 1. The molecule has 0 atom stereocenters. The van der Waals surface area contributed by atoms with Gasteiger partial charge in [0, 0.05) is 25.0 Å². The molecule has 0 aliphatic carbocycles. The molecule has 1 saturated heterocycles. The Morgan fingerprint density at radius 1 is 1.33 bits per heavy atom. The number of carbonyl (C=O) groups is 1. The van der Waals surface area contributed by atoms with Crippen molar-refractivity contribution < 1.29 is 4.79 Å². The molecule has 4 heteroatoms. The average molecular weight is 243 g/mol. The minimum atomic E-state index is 0.202. The molecule has 0 saturated carbocycles. The van der Waals surface area contributed by atoms with E-state index >= 15 is 0 Å². The van der Waals surface area contributed by atoms with Crippen molar-refractivity contribution in [3.63, 3.8) is 0 Å². The van der Waals surface area contributed by atoms with Crippen molar-refractivity contribution in [1.82, 2.24) is 14.3 Å². The standard InChI is InChI=1S/C14H17N3O/c1-11-5-4-6-13-15-12(10-17(11)13)9-14(18)16-7-2-3-8-16/h4-6,10H,2-3,7-9H2,1H3. The summed E-state index contributed by atoms with van der Waals surface area (Å²) in [7, 11) is 0. The Labute approximate surface area is 106 Å². The number of hydrogen-bond donors (Lipinski definition) is 0. The lowest BCUT2D eigenvalue weighted by atomic mass is 10.3. The lowest BCUT2D eigenvalue weighted by Crippen LogP contribution is -2.29. The van der Waals surface area contributed by atoms with Crippen molar-refractivity contribution in [2.45, 2.75) is 26.2 Å². The van der Waals surface area contributed by atoms with Crippen molar-refractivity contribution in [2.75, 3.05) is 13.1 Å². The Balaban J connectivity index is 1.82. The van der Waals surface area contributed by atoms with Crippen molar-refractivity contribution in [3.05, 3.63) is 35.8 Å². The molecule has 0 bridgehead atoms. The van der Waals surface area contributed by atoms with E-state index in [-0.39, 0.29) is 5.91 Å². The molecule has 0 unspecified atom stereocenters. The van der Waals surface area contributed by atoms with Gasteiger partial charge >= 0.3 is 0 Å². The van der Waals surface area contributed by atoms with E-state index < -0.39 is 0 Å². The molecule has 4 nitrogen and oxygen atoms in total. The van der Waals surface area contributed by atoms with Gasteiger partial charge in [0.15, 0.2) is 0 Å². The van der Waals surface area contributed by atoms with Gasteiger partial charge in [-0.2, -0.15) is 0 Å². The highest BCUT2D eigenvalue weighted by Crippen LogP contribution is 2.12. The van der Waals surface area contributed by atoms with Crippen molar-refractivity contribution >= 4 is 11.6 Å². The summed E-state index contributed by atoms with van der Waals surface area (Å²) < 4.78 is 2.03. The third-order valence-corrected chi connectivity index (χ3v) is 3.54. The van der Waals surface area contributed by atoms with Crippen molar-refractivity contribution in [2.24, 2.45) is 0 Å². The van der Waals surface area contributed by atoms with E-state index in [1.807, 2.05) is 40.6 Å². The highest BCUT2D eigenvalue weighted by atomic mass is 16.2. The lowest BCUT2D eigenvalue weighted by molar-refractivity contribution is -0.129. The largest absolute Gasteiger partial charge is 0.342 e.